The molecule has 0 unspecified atom stereocenters. The lowest BCUT2D eigenvalue weighted by Crippen LogP contribution is -2.28. The van der Waals surface area contributed by atoms with Gasteiger partial charge in [0.15, 0.2) is 0 Å². The Hall–Kier alpha value is -2.96. The first-order chi connectivity index (χ1) is 11.7. The lowest BCUT2D eigenvalue weighted by atomic mass is 9.93. The van der Waals surface area contributed by atoms with Crippen LogP contribution >= 0.6 is 0 Å². The highest BCUT2D eigenvalue weighted by Crippen LogP contribution is 2.37. The lowest BCUT2D eigenvalue weighted by Gasteiger charge is -2.31. The predicted octanol–water partition coefficient (Wildman–Crippen LogP) is 2.97. The Balaban J connectivity index is 1.70. The topological polar surface area (TPSA) is 64.9 Å². The van der Waals surface area contributed by atoms with Gasteiger partial charge in [-0.25, -0.2) is 9.07 Å². The fourth-order valence-electron chi connectivity index (χ4n) is 3.08. The molecule has 7 heteroatoms. The standard InChI is InChI=1S/C17H16FN5O/c1-24-14-7-5-11(6-8-14)15-10-16(12-3-2-4-13(18)9-12)23-17(19-15)20-21-22-23/h2-9,15-16H,10H2,1H3,(H,19,20,22)/t15-,16-/m0/s1. The molecular weight excluding hydrogens is 309 g/mol. The molecule has 2 aromatic carbocycles. The second-order valence-corrected chi connectivity index (χ2v) is 5.72. The molecule has 1 N–H and O–H groups in total. The monoisotopic (exact) mass is 325 g/mol. The molecule has 0 amide bonds. The summed E-state index contributed by atoms with van der Waals surface area (Å²) < 4.78 is 20.5. The van der Waals surface area contributed by atoms with Gasteiger partial charge < -0.3 is 10.1 Å². The number of ether oxygens (including phenoxy) is 1. The molecular formula is C17H16FN5O. The summed E-state index contributed by atoms with van der Waals surface area (Å²) in [6.45, 7) is 0. The normalized spacial score (nSPS) is 19.4. The van der Waals surface area contributed by atoms with E-state index >= 15 is 0 Å². The molecule has 2 atom stereocenters. The Bertz CT molecular complexity index is 848. The van der Waals surface area contributed by atoms with Crippen molar-refractivity contribution in [1.82, 2.24) is 20.2 Å². The van der Waals surface area contributed by atoms with Crippen LogP contribution in [0.5, 0.6) is 5.75 Å². The van der Waals surface area contributed by atoms with Gasteiger partial charge in [-0.15, -0.1) is 0 Å². The Morgan fingerprint density at radius 1 is 1.17 bits per heavy atom. The zero-order valence-electron chi connectivity index (χ0n) is 13.1. The fourth-order valence-corrected chi connectivity index (χ4v) is 3.08. The Labute approximate surface area is 138 Å². The number of nitrogens with zero attached hydrogens (tertiary/aromatic N) is 4. The van der Waals surface area contributed by atoms with Crippen LogP contribution in [0.25, 0.3) is 0 Å². The van der Waals surface area contributed by atoms with Gasteiger partial charge in [-0.1, -0.05) is 29.4 Å². The van der Waals surface area contributed by atoms with Gasteiger partial charge in [0.1, 0.15) is 11.6 Å². The zero-order valence-corrected chi connectivity index (χ0v) is 13.1. The van der Waals surface area contributed by atoms with Crippen LogP contribution in [-0.4, -0.2) is 27.3 Å². The molecule has 1 aliphatic rings. The number of hydrogen-bond acceptors (Lipinski definition) is 5. The number of rotatable bonds is 3. The summed E-state index contributed by atoms with van der Waals surface area (Å²) in [7, 11) is 1.64. The number of benzene rings is 2. The zero-order chi connectivity index (χ0) is 16.5. The molecule has 3 aromatic rings. The summed E-state index contributed by atoms with van der Waals surface area (Å²) in [6.07, 6.45) is 0.716. The minimum Gasteiger partial charge on any atom is -0.497 e. The van der Waals surface area contributed by atoms with Crippen LogP contribution in [0, 0.1) is 5.82 Å². The fraction of sp³-hybridized carbons (Fsp3) is 0.235. The SMILES string of the molecule is COc1ccc([C@@H]2C[C@@H](c3cccc(F)c3)n3nnnc3N2)cc1. The first kappa shape index (κ1) is 14.6. The number of aromatic nitrogens is 4. The van der Waals surface area contributed by atoms with Crippen molar-refractivity contribution in [2.75, 3.05) is 12.4 Å². The number of methoxy groups -OCH3 is 1. The molecule has 0 radical (unpaired) electrons. The van der Waals surface area contributed by atoms with Crippen LogP contribution in [0.3, 0.4) is 0 Å². The molecule has 4 rings (SSSR count). The average molecular weight is 325 g/mol. The Morgan fingerprint density at radius 2 is 2.00 bits per heavy atom. The summed E-state index contributed by atoms with van der Waals surface area (Å²) in [5.41, 5.74) is 1.95. The molecule has 2 heterocycles. The highest BCUT2D eigenvalue weighted by molar-refractivity contribution is 5.39. The third-order valence-corrected chi connectivity index (χ3v) is 4.30. The molecule has 6 nitrogen and oxygen atoms in total. The maximum Gasteiger partial charge on any atom is 0.243 e. The van der Waals surface area contributed by atoms with Crippen molar-refractivity contribution in [3.05, 3.63) is 65.5 Å². The first-order valence-corrected chi connectivity index (χ1v) is 7.68. The third kappa shape index (κ3) is 2.58. The number of anilines is 1. The minimum atomic E-state index is -0.262. The van der Waals surface area contributed by atoms with E-state index in [0.717, 1.165) is 16.9 Å². The van der Waals surface area contributed by atoms with Gasteiger partial charge >= 0.3 is 0 Å². The molecule has 0 spiro atoms. The van der Waals surface area contributed by atoms with Crippen LogP contribution in [0.15, 0.2) is 48.5 Å². The van der Waals surface area contributed by atoms with Crippen molar-refractivity contribution in [2.45, 2.75) is 18.5 Å². The van der Waals surface area contributed by atoms with Crippen molar-refractivity contribution in [3.63, 3.8) is 0 Å². The second kappa shape index (κ2) is 5.92. The largest absolute Gasteiger partial charge is 0.497 e. The molecule has 0 saturated carbocycles. The summed E-state index contributed by atoms with van der Waals surface area (Å²) >= 11 is 0. The van der Waals surface area contributed by atoms with Gasteiger partial charge in [0.25, 0.3) is 0 Å². The van der Waals surface area contributed by atoms with Crippen LogP contribution in [-0.2, 0) is 0 Å². The van der Waals surface area contributed by atoms with E-state index in [-0.39, 0.29) is 17.9 Å². The first-order valence-electron chi connectivity index (χ1n) is 7.68. The van der Waals surface area contributed by atoms with E-state index in [1.165, 1.54) is 12.1 Å². The molecule has 24 heavy (non-hydrogen) atoms. The lowest BCUT2D eigenvalue weighted by molar-refractivity contribution is 0.412. The highest BCUT2D eigenvalue weighted by atomic mass is 19.1. The maximum absolute atomic E-state index is 13.6. The van der Waals surface area contributed by atoms with E-state index in [1.807, 2.05) is 30.3 Å². The van der Waals surface area contributed by atoms with Crippen LogP contribution < -0.4 is 10.1 Å². The number of hydrogen-bond donors (Lipinski definition) is 1. The molecule has 0 saturated heterocycles. The molecule has 122 valence electrons. The molecule has 0 bridgehead atoms. The number of fused-ring (bicyclic) bond motifs is 1. The van der Waals surface area contributed by atoms with Crippen molar-refractivity contribution in [3.8, 4) is 5.75 Å². The minimum absolute atomic E-state index is 0.0303. The highest BCUT2D eigenvalue weighted by Gasteiger charge is 2.30. The van der Waals surface area contributed by atoms with Crippen molar-refractivity contribution >= 4 is 5.95 Å². The van der Waals surface area contributed by atoms with Gasteiger partial charge in [-0.05, 0) is 52.2 Å². The molecule has 0 aliphatic carbocycles. The van der Waals surface area contributed by atoms with Gasteiger partial charge in [-0.2, -0.15) is 0 Å². The predicted molar refractivity (Wildman–Crippen MR) is 86.3 cm³/mol. The maximum atomic E-state index is 13.6. The van der Waals surface area contributed by atoms with Gasteiger partial charge in [0.05, 0.1) is 19.2 Å². The summed E-state index contributed by atoms with van der Waals surface area (Å²) in [5, 5.41) is 15.2. The molecule has 1 aliphatic heterocycles. The Kier molecular flexibility index (Phi) is 3.60. The second-order valence-electron chi connectivity index (χ2n) is 5.72. The number of halogens is 1. The average Bonchev–Trinajstić information content (AvgIpc) is 3.09. The third-order valence-electron chi connectivity index (χ3n) is 4.30. The van der Waals surface area contributed by atoms with Crippen LogP contribution in [0.1, 0.15) is 29.6 Å². The van der Waals surface area contributed by atoms with Crippen molar-refractivity contribution in [1.29, 1.82) is 0 Å². The van der Waals surface area contributed by atoms with Crippen LogP contribution in [0.2, 0.25) is 0 Å². The van der Waals surface area contributed by atoms with Crippen molar-refractivity contribution in [2.24, 2.45) is 0 Å². The van der Waals surface area contributed by atoms with E-state index in [0.29, 0.717) is 12.4 Å². The van der Waals surface area contributed by atoms with E-state index in [9.17, 15) is 4.39 Å². The number of tetrazole rings is 1. The van der Waals surface area contributed by atoms with Gasteiger partial charge in [-0.3, -0.25) is 0 Å². The summed E-state index contributed by atoms with van der Waals surface area (Å²) in [5.74, 6) is 1.12. The van der Waals surface area contributed by atoms with E-state index < -0.39 is 0 Å². The number of nitrogens with one attached hydrogen (secondary N) is 1. The van der Waals surface area contributed by atoms with E-state index in [1.54, 1.807) is 17.9 Å². The van der Waals surface area contributed by atoms with Crippen molar-refractivity contribution < 1.29 is 9.13 Å². The van der Waals surface area contributed by atoms with Gasteiger partial charge in [0.2, 0.25) is 5.95 Å². The quantitative estimate of drug-likeness (QED) is 0.802. The Morgan fingerprint density at radius 3 is 2.75 bits per heavy atom. The molecule has 1 aromatic heterocycles. The van der Waals surface area contributed by atoms with E-state index in [2.05, 4.69) is 20.8 Å². The van der Waals surface area contributed by atoms with Gasteiger partial charge in [0, 0.05) is 0 Å². The van der Waals surface area contributed by atoms with Crippen LogP contribution in [0.4, 0.5) is 10.3 Å². The summed E-state index contributed by atoms with van der Waals surface area (Å²) in [6, 6.07) is 14.4. The van der Waals surface area contributed by atoms with E-state index in [4.69, 9.17) is 4.74 Å². The summed E-state index contributed by atoms with van der Waals surface area (Å²) in [4.78, 5) is 0. The molecule has 0 fully saturated rings. The smallest absolute Gasteiger partial charge is 0.243 e.